The van der Waals surface area contributed by atoms with E-state index in [1.807, 2.05) is 18.2 Å². The molecule has 9 heteroatoms. The van der Waals surface area contributed by atoms with Gasteiger partial charge in [0.25, 0.3) is 0 Å². The maximum atomic E-state index is 10.9. The summed E-state index contributed by atoms with van der Waals surface area (Å²) in [7, 11) is 3.25. The molecule has 0 radical (unpaired) electrons. The molecule has 0 unspecified atom stereocenters. The number of fused-ring (bicyclic) bond motifs is 1. The first-order chi connectivity index (χ1) is 13.5. The molecule has 0 saturated carbocycles. The van der Waals surface area contributed by atoms with Crippen LogP contribution in [0.3, 0.4) is 0 Å². The minimum absolute atomic E-state index is 0.0953. The molecule has 1 aromatic carbocycles. The fourth-order valence-corrected chi connectivity index (χ4v) is 5.15. The largest absolute Gasteiger partial charge is 0.493 e. The number of benzene rings is 1. The van der Waals surface area contributed by atoms with Crippen molar-refractivity contribution in [2.24, 2.45) is 0 Å². The number of ether oxygens (including phenoxy) is 3. The van der Waals surface area contributed by atoms with E-state index in [0.717, 1.165) is 23.5 Å². The van der Waals surface area contributed by atoms with Gasteiger partial charge in [-0.15, -0.1) is 0 Å². The molecule has 1 aliphatic rings. The number of hydrogen-bond acceptors (Lipinski definition) is 7. The predicted octanol–water partition coefficient (Wildman–Crippen LogP) is 1.30. The lowest BCUT2D eigenvalue weighted by molar-refractivity contribution is -0.939. The van der Waals surface area contributed by atoms with Crippen LogP contribution in [0.1, 0.15) is 30.3 Å². The zero-order valence-corrected chi connectivity index (χ0v) is 17.2. The molecular weight excluding hydrogens is 380 g/mol. The van der Waals surface area contributed by atoms with E-state index in [9.17, 15) is 5.11 Å². The minimum atomic E-state index is -0.0953. The van der Waals surface area contributed by atoms with Crippen LogP contribution in [0, 0.1) is 0 Å². The van der Waals surface area contributed by atoms with Crippen LogP contribution in [0.2, 0.25) is 0 Å². The molecule has 1 saturated heterocycles. The maximum absolute atomic E-state index is 10.9. The second kappa shape index (κ2) is 7.57. The van der Waals surface area contributed by atoms with Crippen molar-refractivity contribution in [3.05, 3.63) is 35.0 Å². The highest BCUT2D eigenvalue weighted by molar-refractivity contribution is 7.17. The highest BCUT2D eigenvalue weighted by atomic mass is 32.1. The zero-order valence-electron chi connectivity index (χ0n) is 16.4. The molecule has 28 heavy (non-hydrogen) atoms. The molecule has 1 fully saturated rings. The number of methoxy groups -OCH3 is 2. The molecule has 4 rings (SSSR count). The summed E-state index contributed by atoms with van der Waals surface area (Å²) >= 11 is 1.46. The molecule has 150 valence electrons. The van der Waals surface area contributed by atoms with Gasteiger partial charge in [-0.3, -0.25) is 0 Å². The van der Waals surface area contributed by atoms with Crippen molar-refractivity contribution in [2.75, 3.05) is 27.3 Å². The topological polar surface area (TPSA) is 82.6 Å². The summed E-state index contributed by atoms with van der Waals surface area (Å²) in [5.74, 6) is 1.48. The molecule has 2 aromatic heterocycles. The Morgan fingerprint density at radius 1 is 1.21 bits per heavy atom. The van der Waals surface area contributed by atoms with Gasteiger partial charge in [-0.25, -0.2) is 4.98 Å². The van der Waals surface area contributed by atoms with E-state index >= 15 is 0 Å². The Kier molecular flexibility index (Phi) is 5.13. The van der Waals surface area contributed by atoms with Crippen molar-refractivity contribution in [3.63, 3.8) is 0 Å². The maximum Gasteiger partial charge on any atom is 0.235 e. The van der Waals surface area contributed by atoms with Crippen molar-refractivity contribution in [1.29, 1.82) is 0 Å². The molecule has 0 aliphatic carbocycles. The van der Waals surface area contributed by atoms with Crippen molar-refractivity contribution < 1.29 is 24.2 Å². The van der Waals surface area contributed by atoms with E-state index < -0.39 is 0 Å². The van der Waals surface area contributed by atoms with Gasteiger partial charge in [-0.2, -0.15) is 9.61 Å². The Hall–Kier alpha value is -2.36. The number of thiazole rings is 1. The second-order valence-electron chi connectivity index (χ2n) is 7.12. The van der Waals surface area contributed by atoms with E-state index in [1.54, 1.807) is 14.2 Å². The molecule has 8 nitrogen and oxygen atoms in total. The van der Waals surface area contributed by atoms with E-state index in [2.05, 4.69) is 23.9 Å². The first-order valence-corrected chi connectivity index (χ1v) is 10.1. The van der Waals surface area contributed by atoms with Crippen molar-refractivity contribution >= 4 is 16.3 Å². The molecule has 2 N–H and O–H groups in total. The van der Waals surface area contributed by atoms with Crippen LogP contribution >= 0.6 is 11.3 Å². The summed E-state index contributed by atoms with van der Waals surface area (Å²) in [5, 5.41) is 15.0. The number of morpholine rings is 1. The molecule has 1 aliphatic heterocycles. The first kappa shape index (κ1) is 19.0. The SMILES string of the molecule is COc1ccc([C@@H](c2sc3ncnn3c2O)[NH+]2C[C@H](C)O[C@@H](C)C2)cc1OC. The van der Waals surface area contributed by atoms with Crippen molar-refractivity contribution in [3.8, 4) is 17.4 Å². The highest BCUT2D eigenvalue weighted by Gasteiger charge is 2.37. The van der Waals surface area contributed by atoms with E-state index in [1.165, 1.54) is 27.1 Å². The number of rotatable bonds is 5. The van der Waals surface area contributed by atoms with Gasteiger partial charge in [-0.05, 0) is 32.0 Å². The minimum Gasteiger partial charge on any atom is -0.493 e. The van der Waals surface area contributed by atoms with Gasteiger partial charge in [0.05, 0.1) is 14.2 Å². The third kappa shape index (κ3) is 3.30. The van der Waals surface area contributed by atoms with Gasteiger partial charge in [0.1, 0.15) is 36.5 Å². The third-order valence-electron chi connectivity index (χ3n) is 5.11. The second-order valence-corrected chi connectivity index (χ2v) is 8.12. The van der Waals surface area contributed by atoms with E-state index in [-0.39, 0.29) is 24.1 Å². The molecule has 3 heterocycles. The molecule has 0 bridgehead atoms. The quantitative estimate of drug-likeness (QED) is 0.666. The van der Waals surface area contributed by atoms with Crippen LogP contribution in [-0.2, 0) is 4.74 Å². The summed E-state index contributed by atoms with van der Waals surface area (Å²) in [6.07, 6.45) is 1.71. The van der Waals surface area contributed by atoms with E-state index in [4.69, 9.17) is 14.2 Å². The van der Waals surface area contributed by atoms with Gasteiger partial charge in [0.15, 0.2) is 17.5 Å². The summed E-state index contributed by atoms with van der Waals surface area (Å²) in [6, 6.07) is 5.82. The van der Waals surface area contributed by atoms with Gasteiger partial charge in [0.2, 0.25) is 10.8 Å². The number of nitrogens with zero attached hydrogens (tertiary/aromatic N) is 3. The van der Waals surface area contributed by atoms with Crippen LogP contribution in [0.4, 0.5) is 0 Å². The van der Waals surface area contributed by atoms with Gasteiger partial charge >= 0.3 is 0 Å². The summed E-state index contributed by atoms with van der Waals surface area (Å²) in [4.78, 5) is 7.07. The predicted molar refractivity (Wildman–Crippen MR) is 105 cm³/mol. The van der Waals surface area contributed by atoms with E-state index in [0.29, 0.717) is 16.5 Å². The van der Waals surface area contributed by atoms with Crippen LogP contribution in [0.25, 0.3) is 4.96 Å². The number of nitrogens with one attached hydrogen (secondary N) is 1. The Bertz CT molecular complexity index is 962. The lowest BCUT2D eigenvalue weighted by Crippen LogP contribution is -3.15. The Morgan fingerprint density at radius 3 is 2.57 bits per heavy atom. The van der Waals surface area contributed by atoms with Crippen molar-refractivity contribution in [2.45, 2.75) is 32.1 Å². The Morgan fingerprint density at radius 2 is 1.93 bits per heavy atom. The van der Waals surface area contributed by atoms with Crippen LogP contribution in [0.5, 0.6) is 17.4 Å². The monoisotopic (exact) mass is 405 g/mol. The lowest BCUT2D eigenvalue weighted by atomic mass is 10.0. The Balaban J connectivity index is 1.84. The smallest absolute Gasteiger partial charge is 0.235 e. The molecule has 3 atom stereocenters. The van der Waals surface area contributed by atoms with Gasteiger partial charge in [-0.1, -0.05) is 11.3 Å². The van der Waals surface area contributed by atoms with Crippen LogP contribution in [-0.4, -0.2) is 59.2 Å². The Labute approximate surface area is 167 Å². The number of hydrogen-bond donors (Lipinski definition) is 2. The lowest BCUT2D eigenvalue weighted by Gasteiger charge is -2.37. The summed E-state index contributed by atoms with van der Waals surface area (Å²) in [5.41, 5.74) is 1.04. The summed E-state index contributed by atoms with van der Waals surface area (Å²) < 4.78 is 18.3. The fraction of sp³-hybridized carbons (Fsp3) is 0.474. The molecular formula is C19H25N4O4S+. The molecule has 0 spiro atoms. The normalized spacial score (nSPS) is 23.6. The number of aromatic hydroxyl groups is 1. The number of quaternary nitrogens is 1. The van der Waals surface area contributed by atoms with Gasteiger partial charge < -0.3 is 24.2 Å². The average molecular weight is 406 g/mol. The fourth-order valence-electron chi connectivity index (χ4n) is 4.04. The first-order valence-electron chi connectivity index (χ1n) is 9.25. The van der Waals surface area contributed by atoms with Crippen LogP contribution in [0.15, 0.2) is 24.5 Å². The molecule has 3 aromatic rings. The molecule has 0 amide bonds. The summed E-state index contributed by atoms with van der Waals surface area (Å²) in [6.45, 7) is 5.83. The van der Waals surface area contributed by atoms with Crippen LogP contribution < -0.4 is 14.4 Å². The standard InChI is InChI=1S/C19H24N4O4S/c1-11-8-22(9-12(2)27-11)16(13-5-6-14(25-3)15(7-13)26-4)17-18(24)23-19(28-17)20-10-21-23/h5-7,10-12,16,24H,8-9H2,1-4H3/p+1/t11-,12-,16-/m0/s1. The third-order valence-corrected chi connectivity index (χ3v) is 6.21. The average Bonchev–Trinajstić information content (AvgIpc) is 3.25. The zero-order chi connectivity index (χ0) is 19.8. The van der Waals surface area contributed by atoms with Gasteiger partial charge in [0, 0.05) is 5.56 Å². The highest BCUT2D eigenvalue weighted by Crippen LogP contribution is 2.37. The van der Waals surface area contributed by atoms with Crippen molar-refractivity contribution in [1.82, 2.24) is 14.6 Å². The number of aromatic nitrogens is 3.